The van der Waals surface area contributed by atoms with Gasteiger partial charge in [0.1, 0.15) is 6.61 Å². The Hall–Kier alpha value is -0.700. The summed E-state index contributed by atoms with van der Waals surface area (Å²) in [5, 5.41) is 8.51. The van der Waals surface area contributed by atoms with Gasteiger partial charge in [0.05, 0.1) is 5.60 Å². The van der Waals surface area contributed by atoms with Crippen LogP contribution in [0.3, 0.4) is 0 Å². The van der Waals surface area contributed by atoms with Crippen molar-refractivity contribution in [2.75, 3.05) is 19.7 Å². The third-order valence-corrected chi connectivity index (χ3v) is 4.15. The van der Waals surface area contributed by atoms with E-state index in [0.29, 0.717) is 0 Å². The maximum atomic E-state index is 11.9. The van der Waals surface area contributed by atoms with Crippen LogP contribution < -0.4 is 4.72 Å². The van der Waals surface area contributed by atoms with Crippen LogP contribution in [0.5, 0.6) is 0 Å². The van der Waals surface area contributed by atoms with Crippen molar-refractivity contribution in [2.45, 2.75) is 38.8 Å². The van der Waals surface area contributed by atoms with Crippen LogP contribution in [0.1, 0.15) is 27.7 Å². The molecule has 0 aromatic heterocycles. The van der Waals surface area contributed by atoms with E-state index in [0.717, 1.165) is 0 Å². The molecule has 0 spiro atoms. The highest BCUT2D eigenvalue weighted by Crippen LogP contribution is 2.27. The van der Waals surface area contributed by atoms with E-state index >= 15 is 0 Å². The second kappa shape index (κ2) is 4.76. The van der Waals surface area contributed by atoms with Crippen LogP contribution in [-0.4, -0.2) is 54.6 Å². The van der Waals surface area contributed by atoms with Crippen molar-refractivity contribution in [3.63, 3.8) is 0 Å². The van der Waals surface area contributed by atoms with Crippen LogP contribution in [0, 0.1) is 0 Å². The predicted octanol–water partition coefficient (Wildman–Crippen LogP) is -0.205. The zero-order valence-electron chi connectivity index (χ0n) is 11.1. The maximum absolute atomic E-state index is 11.9. The second-order valence-corrected chi connectivity index (χ2v) is 7.43. The molecule has 0 bridgehead atoms. The number of ether oxygens (including phenoxy) is 1. The zero-order chi connectivity index (χ0) is 14.2. The minimum Gasteiger partial charge on any atom is -0.480 e. The molecule has 7 nitrogen and oxygen atoms in total. The van der Waals surface area contributed by atoms with Gasteiger partial charge in [-0.1, -0.05) is 0 Å². The van der Waals surface area contributed by atoms with Gasteiger partial charge in [-0.2, -0.15) is 17.4 Å². The van der Waals surface area contributed by atoms with Crippen molar-refractivity contribution in [2.24, 2.45) is 0 Å². The second-order valence-electron chi connectivity index (χ2n) is 5.76. The summed E-state index contributed by atoms with van der Waals surface area (Å²) in [6.07, 6.45) is 0. The lowest BCUT2D eigenvalue weighted by Crippen LogP contribution is -2.66. The van der Waals surface area contributed by atoms with Gasteiger partial charge in [-0.15, -0.1) is 0 Å². The van der Waals surface area contributed by atoms with E-state index in [-0.39, 0.29) is 13.1 Å². The van der Waals surface area contributed by atoms with Crippen molar-refractivity contribution < 1.29 is 23.1 Å². The van der Waals surface area contributed by atoms with Gasteiger partial charge in [0.2, 0.25) is 0 Å². The monoisotopic (exact) mass is 280 g/mol. The fraction of sp³-hybridized carbons (Fsp3) is 0.900. The smallest absolute Gasteiger partial charge is 0.329 e. The highest BCUT2D eigenvalue weighted by atomic mass is 32.2. The quantitative estimate of drug-likeness (QED) is 0.727. The highest BCUT2D eigenvalue weighted by molar-refractivity contribution is 7.87. The summed E-state index contributed by atoms with van der Waals surface area (Å²) in [7, 11) is -3.53. The molecular weight excluding hydrogens is 260 g/mol. The number of hydrogen-bond donors (Lipinski definition) is 2. The van der Waals surface area contributed by atoms with Crippen molar-refractivity contribution in [1.29, 1.82) is 0 Å². The molecule has 0 saturated carbocycles. The van der Waals surface area contributed by atoms with Crippen molar-refractivity contribution >= 4 is 16.2 Å². The summed E-state index contributed by atoms with van der Waals surface area (Å²) in [5.41, 5.74) is -1.27. The Morgan fingerprint density at radius 1 is 1.44 bits per heavy atom. The van der Waals surface area contributed by atoms with Crippen molar-refractivity contribution in [3.05, 3.63) is 0 Å². The van der Waals surface area contributed by atoms with Crippen LogP contribution in [0.25, 0.3) is 0 Å². The lowest BCUT2D eigenvalue weighted by atomic mass is 10.0. The molecule has 0 amide bonds. The van der Waals surface area contributed by atoms with Gasteiger partial charge in [0.15, 0.2) is 0 Å². The molecule has 0 radical (unpaired) electrons. The summed E-state index contributed by atoms with van der Waals surface area (Å²) >= 11 is 0. The molecule has 18 heavy (non-hydrogen) atoms. The van der Waals surface area contributed by atoms with Crippen molar-refractivity contribution in [3.8, 4) is 0 Å². The molecule has 8 heteroatoms. The van der Waals surface area contributed by atoms with Gasteiger partial charge in [-0.3, -0.25) is 0 Å². The molecule has 1 rings (SSSR count). The van der Waals surface area contributed by atoms with Gasteiger partial charge in [-0.25, -0.2) is 4.79 Å². The molecule has 106 valence electrons. The Bertz CT molecular complexity index is 420. The van der Waals surface area contributed by atoms with Crippen LogP contribution in [-0.2, 0) is 19.7 Å². The SMILES string of the molecule is CC(C)(C)NS(=O)(=O)N1CC(C)(OCC(=O)O)C1. The summed E-state index contributed by atoms with van der Waals surface area (Å²) < 4.78 is 32.7. The van der Waals surface area contributed by atoms with Gasteiger partial charge < -0.3 is 9.84 Å². The Balaban J connectivity index is 2.53. The number of carboxylic acid groups (broad SMARTS) is 1. The van der Waals surface area contributed by atoms with Crippen LogP contribution in [0.15, 0.2) is 0 Å². The van der Waals surface area contributed by atoms with Gasteiger partial charge >= 0.3 is 5.97 Å². The van der Waals surface area contributed by atoms with E-state index in [1.807, 2.05) is 0 Å². The first kappa shape index (κ1) is 15.4. The largest absolute Gasteiger partial charge is 0.480 e. The van der Waals surface area contributed by atoms with E-state index in [1.54, 1.807) is 27.7 Å². The minimum atomic E-state index is -3.53. The molecule has 0 aromatic rings. The Labute approximate surface area is 107 Å². The average Bonchev–Trinajstić information content (AvgIpc) is 2.06. The molecule has 1 saturated heterocycles. The van der Waals surface area contributed by atoms with E-state index in [1.165, 1.54) is 4.31 Å². The van der Waals surface area contributed by atoms with Crippen LogP contribution in [0.4, 0.5) is 0 Å². The molecule has 2 N–H and O–H groups in total. The summed E-state index contributed by atoms with van der Waals surface area (Å²) in [6, 6.07) is 0. The van der Waals surface area contributed by atoms with Crippen LogP contribution in [0.2, 0.25) is 0 Å². The van der Waals surface area contributed by atoms with Gasteiger partial charge in [0, 0.05) is 18.6 Å². The lowest BCUT2D eigenvalue weighted by molar-refractivity contribution is -0.157. The molecule has 0 unspecified atom stereocenters. The first-order valence-electron chi connectivity index (χ1n) is 5.58. The minimum absolute atomic E-state index is 0.158. The fourth-order valence-corrected chi connectivity index (χ4v) is 3.44. The molecular formula is C10H20N2O5S. The number of aliphatic carboxylic acids is 1. The number of carbonyl (C=O) groups is 1. The molecule has 1 fully saturated rings. The Morgan fingerprint density at radius 3 is 2.33 bits per heavy atom. The average molecular weight is 280 g/mol. The molecule has 1 heterocycles. The number of rotatable bonds is 5. The molecule has 0 atom stereocenters. The van der Waals surface area contributed by atoms with Gasteiger partial charge in [0.25, 0.3) is 10.2 Å². The number of nitrogens with zero attached hydrogens (tertiary/aromatic N) is 1. The third kappa shape index (κ3) is 4.20. The van der Waals surface area contributed by atoms with E-state index in [4.69, 9.17) is 9.84 Å². The first-order chi connectivity index (χ1) is 7.94. The number of nitrogens with one attached hydrogen (secondary N) is 1. The highest BCUT2D eigenvalue weighted by Gasteiger charge is 2.46. The maximum Gasteiger partial charge on any atom is 0.329 e. The summed E-state index contributed by atoms with van der Waals surface area (Å²) in [5.74, 6) is -1.06. The first-order valence-corrected chi connectivity index (χ1v) is 7.02. The normalized spacial score (nSPS) is 20.4. The number of carboxylic acids is 1. The van der Waals surface area contributed by atoms with Gasteiger partial charge in [-0.05, 0) is 27.7 Å². The summed E-state index contributed by atoms with van der Waals surface area (Å²) in [6.45, 7) is 6.85. The predicted molar refractivity (Wildman–Crippen MR) is 65.4 cm³/mol. The molecule has 0 aliphatic carbocycles. The zero-order valence-corrected chi connectivity index (χ0v) is 11.9. The topological polar surface area (TPSA) is 95.9 Å². The Kier molecular flexibility index (Phi) is 4.06. The summed E-state index contributed by atoms with van der Waals surface area (Å²) in [4.78, 5) is 10.4. The standard InChI is InChI=1S/C10H20N2O5S/c1-9(2,3)11-18(15,16)12-6-10(4,7-12)17-5-8(13)14/h11H,5-7H2,1-4H3,(H,13,14). The number of hydrogen-bond acceptors (Lipinski definition) is 4. The van der Waals surface area contributed by atoms with E-state index in [2.05, 4.69) is 4.72 Å². The fourth-order valence-electron chi connectivity index (χ4n) is 1.65. The van der Waals surface area contributed by atoms with Crippen LogP contribution >= 0.6 is 0 Å². The molecule has 0 aromatic carbocycles. The van der Waals surface area contributed by atoms with E-state index in [9.17, 15) is 13.2 Å². The Morgan fingerprint density at radius 2 is 1.94 bits per heavy atom. The van der Waals surface area contributed by atoms with E-state index < -0.39 is 33.9 Å². The third-order valence-electron chi connectivity index (χ3n) is 2.34. The molecule has 1 aliphatic heterocycles. The van der Waals surface area contributed by atoms with Crippen molar-refractivity contribution in [1.82, 2.24) is 9.03 Å². The molecule has 1 aliphatic rings. The lowest BCUT2D eigenvalue weighted by Gasteiger charge is -2.46.